The van der Waals surface area contributed by atoms with Crippen molar-refractivity contribution in [2.45, 2.75) is 34.6 Å². The lowest BCUT2D eigenvalue weighted by atomic mass is 10.2. The Balaban J connectivity index is 0. The van der Waals surface area contributed by atoms with Gasteiger partial charge in [-0.15, -0.1) is 0 Å². The summed E-state index contributed by atoms with van der Waals surface area (Å²) in [6.45, 7) is 13.8. The molecule has 0 heteroatoms. The van der Waals surface area contributed by atoms with E-state index in [2.05, 4.69) is 25.7 Å². The molecule has 0 bridgehead atoms. The van der Waals surface area contributed by atoms with E-state index >= 15 is 0 Å². The molecule has 0 aromatic carbocycles. The molecule has 0 aromatic heterocycles. The van der Waals surface area contributed by atoms with E-state index in [0.717, 1.165) is 0 Å². The van der Waals surface area contributed by atoms with Crippen LogP contribution >= 0.6 is 0 Å². The lowest BCUT2D eigenvalue weighted by Gasteiger charge is -1.90. The minimum absolute atomic E-state index is 1.21. The van der Waals surface area contributed by atoms with Gasteiger partial charge in [-0.05, 0) is 20.8 Å². The third-order valence-corrected chi connectivity index (χ3v) is 1.23. The predicted octanol–water partition coefficient (Wildman–Crippen LogP) is 4.11. The van der Waals surface area contributed by atoms with Crippen molar-refractivity contribution in [2.24, 2.45) is 0 Å². The molecule has 64 valence electrons. The molecule has 0 heterocycles. The Hall–Kier alpha value is -0.780. The largest absolute Gasteiger partial charge is 0.0988 e. The van der Waals surface area contributed by atoms with Crippen molar-refractivity contribution in [3.63, 3.8) is 0 Å². The minimum Gasteiger partial charge on any atom is -0.0988 e. The monoisotopic (exact) mass is 152 g/mol. The second-order valence-electron chi connectivity index (χ2n) is 2.13. The van der Waals surface area contributed by atoms with Gasteiger partial charge in [-0.1, -0.05) is 49.8 Å². The Labute approximate surface area is 71.3 Å². The molecule has 0 amide bonds. The summed E-state index contributed by atoms with van der Waals surface area (Å²) in [7, 11) is 0. The Morgan fingerprint density at radius 3 is 1.82 bits per heavy atom. The topological polar surface area (TPSA) is 0 Å². The molecule has 0 fully saturated rings. The first-order chi connectivity index (χ1) is 5.20. The van der Waals surface area contributed by atoms with Gasteiger partial charge in [0.15, 0.2) is 0 Å². The smallest absolute Gasteiger partial charge is 0.0398 e. The molecule has 0 saturated heterocycles. The zero-order valence-electron chi connectivity index (χ0n) is 8.44. The predicted molar refractivity (Wildman–Crippen MR) is 54.7 cm³/mol. The van der Waals surface area contributed by atoms with Crippen LogP contribution in [0, 0.1) is 0 Å². The van der Waals surface area contributed by atoms with Crippen molar-refractivity contribution >= 4 is 0 Å². The van der Waals surface area contributed by atoms with Crippen molar-refractivity contribution < 1.29 is 0 Å². The summed E-state index contributed by atoms with van der Waals surface area (Å²) in [6, 6.07) is 0. The number of allylic oxidation sites excluding steroid dienone is 5. The molecule has 0 aliphatic carbocycles. The van der Waals surface area contributed by atoms with Crippen LogP contribution in [0.4, 0.5) is 0 Å². The summed E-state index contributed by atoms with van der Waals surface area (Å²) >= 11 is 0. The zero-order valence-corrected chi connectivity index (χ0v) is 8.44. The van der Waals surface area contributed by atoms with Crippen LogP contribution in [0.3, 0.4) is 0 Å². The molecular formula is C11H20. The molecule has 0 aromatic rings. The average Bonchev–Trinajstić information content (AvgIpc) is 2.07. The Morgan fingerprint density at radius 2 is 1.55 bits per heavy atom. The van der Waals surface area contributed by atoms with E-state index < -0.39 is 0 Å². The highest BCUT2D eigenvalue weighted by Crippen LogP contribution is 2.00. The highest BCUT2D eigenvalue weighted by Gasteiger charge is 1.79. The quantitative estimate of drug-likeness (QED) is 0.522. The van der Waals surface area contributed by atoms with Gasteiger partial charge in [-0.3, -0.25) is 0 Å². The molecule has 0 nitrogen and oxygen atoms in total. The first kappa shape index (κ1) is 12.9. The van der Waals surface area contributed by atoms with Crippen LogP contribution in [0.1, 0.15) is 34.6 Å². The Morgan fingerprint density at radius 1 is 1.09 bits per heavy atom. The van der Waals surface area contributed by atoms with Gasteiger partial charge < -0.3 is 0 Å². The van der Waals surface area contributed by atoms with Gasteiger partial charge in [0.05, 0.1) is 0 Å². The van der Waals surface area contributed by atoms with Crippen molar-refractivity contribution in [2.75, 3.05) is 0 Å². The van der Waals surface area contributed by atoms with Gasteiger partial charge in [-0.25, -0.2) is 0 Å². The molecule has 0 radical (unpaired) electrons. The van der Waals surface area contributed by atoms with Crippen LogP contribution in [0.5, 0.6) is 0 Å². The van der Waals surface area contributed by atoms with E-state index in [0.29, 0.717) is 0 Å². The molecule has 0 aliphatic rings. The summed E-state index contributed by atoms with van der Waals surface area (Å²) in [5.41, 5.74) is 2.50. The Bertz CT molecular complexity index is 147. The molecule has 0 rings (SSSR count). The fraction of sp³-hybridized carbons (Fsp3) is 0.455. The van der Waals surface area contributed by atoms with Gasteiger partial charge in [0.1, 0.15) is 0 Å². The maximum absolute atomic E-state index is 3.65. The van der Waals surface area contributed by atoms with Crippen LogP contribution < -0.4 is 0 Å². The highest BCUT2D eigenvalue weighted by atomic mass is 13.9. The minimum atomic E-state index is 1.21. The normalized spacial score (nSPS) is 11.7. The van der Waals surface area contributed by atoms with Gasteiger partial charge in [0, 0.05) is 0 Å². The van der Waals surface area contributed by atoms with Crippen molar-refractivity contribution in [3.8, 4) is 0 Å². The molecular weight excluding hydrogens is 132 g/mol. The van der Waals surface area contributed by atoms with E-state index in [1.54, 1.807) is 0 Å². The summed E-state index contributed by atoms with van der Waals surface area (Å²) in [5.74, 6) is 0. The van der Waals surface area contributed by atoms with E-state index in [1.807, 2.05) is 33.8 Å². The van der Waals surface area contributed by atoms with Crippen LogP contribution in [-0.2, 0) is 0 Å². The van der Waals surface area contributed by atoms with Crippen molar-refractivity contribution in [3.05, 3.63) is 36.0 Å². The number of rotatable bonds is 2. The molecule has 0 saturated carbocycles. The van der Waals surface area contributed by atoms with E-state index in [1.165, 1.54) is 11.1 Å². The fourth-order valence-electron chi connectivity index (χ4n) is 0.501. The van der Waals surface area contributed by atoms with Gasteiger partial charge in [0.25, 0.3) is 0 Å². The maximum Gasteiger partial charge on any atom is -0.0398 e. The summed E-state index contributed by atoms with van der Waals surface area (Å²) in [5, 5.41) is 0. The lowest BCUT2D eigenvalue weighted by molar-refractivity contribution is 1.42. The standard InChI is InChI=1S/C9H14.C2H6/c1-5-8(3)7-9(4)6-2;1-2/h5-7H,1H2,2-4H3;1-2H3/b8-7-,9-6-;. The maximum atomic E-state index is 3.65. The SMILES string of the molecule is C=C/C(C)=C\C(C)=C/C.CC. The van der Waals surface area contributed by atoms with E-state index in [4.69, 9.17) is 0 Å². The van der Waals surface area contributed by atoms with Gasteiger partial charge in [-0.2, -0.15) is 0 Å². The molecule has 0 unspecified atom stereocenters. The average molecular weight is 152 g/mol. The second kappa shape index (κ2) is 9.22. The summed E-state index contributed by atoms with van der Waals surface area (Å²) < 4.78 is 0. The molecule has 0 atom stereocenters. The molecule has 11 heavy (non-hydrogen) atoms. The first-order valence-electron chi connectivity index (χ1n) is 4.14. The van der Waals surface area contributed by atoms with E-state index in [9.17, 15) is 0 Å². The zero-order chi connectivity index (χ0) is 9.28. The second-order valence-corrected chi connectivity index (χ2v) is 2.13. The van der Waals surface area contributed by atoms with Crippen LogP contribution in [0.25, 0.3) is 0 Å². The van der Waals surface area contributed by atoms with Crippen LogP contribution in [0.2, 0.25) is 0 Å². The van der Waals surface area contributed by atoms with Crippen LogP contribution in [-0.4, -0.2) is 0 Å². The summed E-state index contributed by atoms with van der Waals surface area (Å²) in [4.78, 5) is 0. The van der Waals surface area contributed by atoms with Crippen LogP contribution in [0.15, 0.2) is 36.0 Å². The van der Waals surface area contributed by atoms with Crippen molar-refractivity contribution in [1.82, 2.24) is 0 Å². The highest BCUT2D eigenvalue weighted by molar-refractivity contribution is 5.25. The third kappa shape index (κ3) is 9.22. The number of hydrogen-bond acceptors (Lipinski definition) is 0. The third-order valence-electron chi connectivity index (χ3n) is 1.23. The summed E-state index contributed by atoms with van der Waals surface area (Å²) in [6.07, 6.45) is 6.03. The Kier molecular flexibility index (Phi) is 10.8. The first-order valence-corrected chi connectivity index (χ1v) is 4.14. The van der Waals surface area contributed by atoms with Crippen molar-refractivity contribution in [1.29, 1.82) is 0 Å². The lowest BCUT2D eigenvalue weighted by Crippen LogP contribution is -1.69. The van der Waals surface area contributed by atoms with E-state index in [-0.39, 0.29) is 0 Å². The number of hydrogen-bond donors (Lipinski definition) is 0. The molecule has 0 N–H and O–H groups in total. The van der Waals surface area contributed by atoms with Gasteiger partial charge in [0.2, 0.25) is 0 Å². The fourth-order valence-corrected chi connectivity index (χ4v) is 0.501. The molecule has 0 aliphatic heterocycles. The molecule has 0 spiro atoms. The van der Waals surface area contributed by atoms with Gasteiger partial charge >= 0.3 is 0 Å².